The van der Waals surface area contributed by atoms with Gasteiger partial charge in [-0.2, -0.15) is 0 Å². The number of ether oxygens (including phenoxy) is 2. The first kappa shape index (κ1) is 19.7. The van der Waals surface area contributed by atoms with E-state index in [-0.39, 0.29) is 11.8 Å². The molecule has 148 valence electrons. The van der Waals surface area contributed by atoms with E-state index >= 15 is 0 Å². The molecule has 2 aromatic rings. The molecule has 7 heteroatoms. The Balaban J connectivity index is 2.25. The lowest BCUT2D eigenvalue weighted by atomic mass is 10.0. The number of likely N-dealkylation sites (N-methyl/N-ethyl adjacent to an activating group) is 1. The highest BCUT2D eigenvalue weighted by Gasteiger charge is 2.32. The average molecular weight is 383 g/mol. The Bertz CT molecular complexity index is 911. The van der Waals surface area contributed by atoms with Crippen LogP contribution in [-0.2, 0) is 0 Å². The number of para-hydroxylation sites is 1. The SMILES string of the molecule is COc1cc2c(cc1OC)N(CCN(C)C)C(=O)c1ccccc1N(C)C2=O. The lowest BCUT2D eigenvalue weighted by Gasteiger charge is -2.32. The van der Waals surface area contributed by atoms with Gasteiger partial charge in [0, 0.05) is 26.2 Å². The molecule has 7 nitrogen and oxygen atoms in total. The summed E-state index contributed by atoms with van der Waals surface area (Å²) >= 11 is 0. The smallest absolute Gasteiger partial charge is 0.260 e. The quantitative estimate of drug-likeness (QED) is 0.794. The Morgan fingerprint density at radius 2 is 1.54 bits per heavy atom. The van der Waals surface area contributed by atoms with Gasteiger partial charge in [0.15, 0.2) is 11.5 Å². The molecule has 2 amide bonds. The van der Waals surface area contributed by atoms with Crippen LogP contribution in [0.4, 0.5) is 11.4 Å². The molecule has 0 bridgehead atoms. The van der Waals surface area contributed by atoms with Crippen LogP contribution in [0.15, 0.2) is 36.4 Å². The summed E-state index contributed by atoms with van der Waals surface area (Å²) in [5.74, 6) is 0.529. The van der Waals surface area contributed by atoms with Gasteiger partial charge in [-0.05, 0) is 32.3 Å². The first-order chi connectivity index (χ1) is 13.4. The number of hydrogen-bond donors (Lipinski definition) is 0. The highest BCUT2D eigenvalue weighted by atomic mass is 16.5. The predicted molar refractivity (Wildman–Crippen MR) is 109 cm³/mol. The van der Waals surface area contributed by atoms with Gasteiger partial charge in [-0.25, -0.2) is 0 Å². The van der Waals surface area contributed by atoms with E-state index in [0.717, 1.165) is 0 Å². The zero-order valence-electron chi connectivity index (χ0n) is 16.9. The zero-order valence-corrected chi connectivity index (χ0v) is 16.9. The maximum atomic E-state index is 13.5. The lowest BCUT2D eigenvalue weighted by molar-refractivity contribution is 0.0975. The van der Waals surface area contributed by atoms with Gasteiger partial charge in [-0.1, -0.05) is 12.1 Å². The molecule has 0 aromatic heterocycles. The first-order valence-electron chi connectivity index (χ1n) is 8.98. The first-order valence-corrected chi connectivity index (χ1v) is 8.98. The minimum Gasteiger partial charge on any atom is -0.493 e. The molecule has 0 saturated heterocycles. The van der Waals surface area contributed by atoms with Crippen molar-refractivity contribution in [2.24, 2.45) is 0 Å². The fourth-order valence-electron chi connectivity index (χ4n) is 3.28. The summed E-state index contributed by atoms with van der Waals surface area (Å²) in [4.78, 5) is 31.9. The number of anilines is 2. The molecule has 0 radical (unpaired) electrons. The van der Waals surface area contributed by atoms with E-state index < -0.39 is 0 Å². The molecule has 0 fully saturated rings. The molecule has 1 heterocycles. The third-order valence-corrected chi connectivity index (χ3v) is 4.84. The lowest BCUT2D eigenvalue weighted by Crippen LogP contribution is -2.41. The Hall–Kier alpha value is -3.06. The number of nitrogens with zero attached hydrogens (tertiary/aromatic N) is 3. The molecule has 0 aliphatic carbocycles. The van der Waals surface area contributed by atoms with Gasteiger partial charge in [-0.15, -0.1) is 0 Å². The average Bonchev–Trinajstić information content (AvgIpc) is 2.71. The number of carbonyl (C=O) groups is 2. The molecule has 0 unspecified atom stereocenters. The van der Waals surface area contributed by atoms with Crippen LogP contribution in [0.3, 0.4) is 0 Å². The summed E-state index contributed by atoms with van der Waals surface area (Å²) in [6.07, 6.45) is 0. The summed E-state index contributed by atoms with van der Waals surface area (Å²) in [5, 5.41) is 0. The van der Waals surface area contributed by atoms with Crippen molar-refractivity contribution in [1.82, 2.24) is 4.90 Å². The molecule has 1 aliphatic heterocycles. The summed E-state index contributed by atoms with van der Waals surface area (Å²) in [5.41, 5.74) is 1.96. The predicted octanol–water partition coefficient (Wildman–Crippen LogP) is 2.50. The second-order valence-corrected chi connectivity index (χ2v) is 6.87. The van der Waals surface area contributed by atoms with Crippen LogP contribution in [0, 0.1) is 0 Å². The van der Waals surface area contributed by atoms with Gasteiger partial charge in [0.25, 0.3) is 11.8 Å². The van der Waals surface area contributed by atoms with Crippen molar-refractivity contribution < 1.29 is 19.1 Å². The Morgan fingerprint density at radius 1 is 0.893 bits per heavy atom. The van der Waals surface area contributed by atoms with E-state index in [0.29, 0.717) is 47.1 Å². The van der Waals surface area contributed by atoms with Crippen LogP contribution in [0.5, 0.6) is 11.5 Å². The standard InChI is InChI=1S/C21H25N3O4/c1-22(2)10-11-24-17-13-19(28-5)18(27-4)12-15(17)20(25)23(3)16-9-7-6-8-14(16)21(24)26/h6-9,12-13H,10-11H2,1-5H3. The van der Waals surface area contributed by atoms with E-state index in [4.69, 9.17) is 9.47 Å². The fourth-order valence-corrected chi connectivity index (χ4v) is 3.28. The van der Waals surface area contributed by atoms with Crippen LogP contribution < -0.4 is 19.3 Å². The Morgan fingerprint density at radius 3 is 2.18 bits per heavy atom. The topological polar surface area (TPSA) is 62.3 Å². The maximum Gasteiger partial charge on any atom is 0.260 e. The number of rotatable bonds is 5. The van der Waals surface area contributed by atoms with Gasteiger partial charge in [0.05, 0.1) is 36.7 Å². The van der Waals surface area contributed by atoms with Crippen molar-refractivity contribution in [3.05, 3.63) is 47.5 Å². The van der Waals surface area contributed by atoms with E-state index in [9.17, 15) is 9.59 Å². The van der Waals surface area contributed by atoms with Gasteiger partial charge >= 0.3 is 0 Å². The largest absolute Gasteiger partial charge is 0.493 e. The number of hydrogen-bond acceptors (Lipinski definition) is 5. The molecule has 0 saturated carbocycles. The van der Waals surface area contributed by atoms with Gasteiger partial charge in [0.2, 0.25) is 0 Å². The molecule has 0 atom stereocenters. The number of benzene rings is 2. The number of methoxy groups -OCH3 is 2. The van der Waals surface area contributed by atoms with Crippen molar-refractivity contribution in [2.75, 3.05) is 58.3 Å². The van der Waals surface area contributed by atoms with E-state index in [1.807, 2.05) is 25.1 Å². The normalized spacial score (nSPS) is 13.8. The second-order valence-electron chi connectivity index (χ2n) is 6.87. The molecule has 0 N–H and O–H groups in total. The third kappa shape index (κ3) is 3.41. The zero-order chi connectivity index (χ0) is 20.4. The molecular formula is C21H25N3O4. The van der Waals surface area contributed by atoms with Gasteiger partial charge < -0.3 is 24.2 Å². The van der Waals surface area contributed by atoms with Crippen molar-refractivity contribution in [2.45, 2.75) is 0 Å². The van der Waals surface area contributed by atoms with Crippen molar-refractivity contribution in [3.8, 4) is 11.5 Å². The molecular weight excluding hydrogens is 358 g/mol. The fraction of sp³-hybridized carbons (Fsp3) is 0.333. The van der Waals surface area contributed by atoms with Crippen molar-refractivity contribution in [1.29, 1.82) is 0 Å². The number of amides is 2. The van der Waals surface area contributed by atoms with Crippen molar-refractivity contribution in [3.63, 3.8) is 0 Å². The number of carbonyl (C=O) groups excluding carboxylic acids is 2. The van der Waals surface area contributed by atoms with E-state index in [1.54, 1.807) is 42.3 Å². The monoisotopic (exact) mass is 383 g/mol. The minimum absolute atomic E-state index is 0.162. The van der Waals surface area contributed by atoms with Crippen LogP contribution in [0.1, 0.15) is 20.7 Å². The summed E-state index contributed by atoms with van der Waals surface area (Å²) in [7, 11) is 8.60. The van der Waals surface area contributed by atoms with E-state index in [1.165, 1.54) is 19.1 Å². The van der Waals surface area contributed by atoms with Crippen LogP contribution in [0.25, 0.3) is 0 Å². The summed E-state index contributed by atoms with van der Waals surface area (Å²) in [6.45, 7) is 1.07. The highest BCUT2D eigenvalue weighted by molar-refractivity contribution is 6.20. The Labute approximate surface area is 165 Å². The minimum atomic E-state index is -0.217. The summed E-state index contributed by atoms with van der Waals surface area (Å²) < 4.78 is 10.8. The molecule has 3 rings (SSSR count). The highest BCUT2D eigenvalue weighted by Crippen LogP contribution is 2.39. The Kier molecular flexibility index (Phi) is 5.56. The van der Waals surface area contributed by atoms with Crippen LogP contribution >= 0.6 is 0 Å². The summed E-state index contributed by atoms with van der Waals surface area (Å²) in [6, 6.07) is 10.5. The van der Waals surface area contributed by atoms with E-state index in [2.05, 4.69) is 0 Å². The molecule has 1 aliphatic rings. The molecule has 0 spiro atoms. The maximum absolute atomic E-state index is 13.5. The van der Waals surface area contributed by atoms with Gasteiger partial charge in [-0.3, -0.25) is 9.59 Å². The van der Waals surface area contributed by atoms with Crippen LogP contribution in [-0.4, -0.2) is 65.2 Å². The molecule has 2 aromatic carbocycles. The second kappa shape index (κ2) is 7.90. The molecule has 28 heavy (non-hydrogen) atoms. The van der Waals surface area contributed by atoms with Gasteiger partial charge in [0.1, 0.15) is 0 Å². The number of fused-ring (bicyclic) bond motifs is 2. The van der Waals surface area contributed by atoms with Crippen molar-refractivity contribution >= 4 is 23.2 Å². The third-order valence-electron chi connectivity index (χ3n) is 4.84. The van der Waals surface area contributed by atoms with Crippen LogP contribution in [0.2, 0.25) is 0 Å².